The number of hydrogen-bond donors (Lipinski definition) is 1. The number of nitrogens with two attached hydrogens (primary N) is 1. The lowest BCUT2D eigenvalue weighted by Gasteiger charge is -2.14. The molecule has 2 N–H and O–H groups in total. The van der Waals surface area contributed by atoms with Gasteiger partial charge in [0.2, 0.25) is 0 Å². The maximum absolute atomic E-state index is 11.0. The van der Waals surface area contributed by atoms with Gasteiger partial charge in [-0.05, 0) is 20.3 Å². The molecule has 0 aromatic heterocycles. The molecule has 1 saturated heterocycles. The van der Waals surface area contributed by atoms with Gasteiger partial charge < -0.3 is 4.74 Å². The highest BCUT2D eigenvalue weighted by molar-refractivity contribution is 5.81. The van der Waals surface area contributed by atoms with E-state index < -0.39 is 0 Å². The van der Waals surface area contributed by atoms with Crippen LogP contribution >= 0.6 is 0 Å². The molecule has 0 radical (unpaired) electrons. The fraction of sp³-hybridized carbons (Fsp3) is 0.875. The predicted molar refractivity (Wildman–Crippen MR) is 45.4 cm³/mol. The van der Waals surface area contributed by atoms with Gasteiger partial charge in [0, 0.05) is 13.2 Å². The third-order valence-corrected chi connectivity index (χ3v) is 2.17. The van der Waals surface area contributed by atoms with E-state index in [1.54, 1.807) is 11.9 Å². The van der Waals surface area contributed by atoms with E-state index in [2.05, 4.69) is 0 Å². The summed E-state index contributed by atoms with van der Waals surface area (Å²) in [7, 11) is 0. The molecule has 1 aliphatic heterocycles. The average Bonchev–Trinajstić information content (AvgIpc) is 2.32. The van der Waals surface area contributed by atoms with Crippen LogP contribution in [0.15, 0.2) is 0 Å². The Balaban J connectivity index is 2.44. The van der Waals surface area contributed by atoms with Crippen molar-refractivity contribution in [1.29, 1.82) is 0 Å². The van der Waals surface area contributed by atoms with Crippen molar-refractivity contribution < 1.29 is 9.53 Å². The van der Waals surface area contributed by atoms with Crippen LogP contribution in [0.2, 0.25) is 0 Å². The minimum Gasteiger partial charge on any atom is -0.377 e. The second kappa shape index (κ2) is 3.98. The molecule has 0 aromatic carbocycles. The number of carbonyl (C=O) groups is 1. The van der Waals surface area contributed by atoms with Crippen LogP contribution in [0.25, 0.3) is 0 Å². The summed E-state index contributed by atoms with van der Waals surface area (Å²) in [5.74, 6) is 5.76. The standard InChI is InChI=1S/C8H16N2O2/c1-3-12-7-4-8(6(2)11)10(9)5-7/h7-8H,3-5,9H2,1-2H3/t7-,8-/m0/s1. The number of nitrogens with zero attached hydrogens (tertiary/aromatic N) is 1. The van der Waals surface area contributed by atoms with E-state index in [9.17, 15) is 4.79 Å². The van der Waals surface area contributed by atoms with Crippen molar-refractivity contribution in [3.8, 4) is 0 Å². The summed E-state index contributed by atoms with van der Waals surface area (Å²) in [4.78, 5) is 11.0. The van der Waals surface area contributed by atoms with Crippen molar-refractivity contribution in [1.82, 2.24) is 5.01 Å². The van der Waals surface area contributed by atoms with Gasteiger partial charge in [0.05, 0.1) is 12.1 Å². The highest BCUT2D eigenvalue weighted by Gasteiger charge is 2.33. The molecule has 0 saturated carbocycles. The van der Waals surface area contributed by atoms with Crippen LogP contribution in [0, 0.1) is 0 Å². The average molecular weight is 172 g/mol. The van der Waals surface area contributed by atoms with Crippen LogP contribution in [0.3, 0.4) is 0 Å². The Morgan fingerprint density at radius 1 is 1.75 bits per heavy atom. The molecule has 4 heteroatoms. The third-order valence-electron chi connectivity index (χ3n) is 2.17. The maximum Gasteiger partial charge on any atom is 0.148 e. The zero-order chi connectivity index (χ0) is 9.14. The number of ether oxygens (including phenoxy) is 1. The second-order valence-corrected chi connectivity index (χ2v) is 3.14. The largest absolute Gasteiger partial charge is 0.377 e. The number of ketones is 1. The van der Waals surface area contributed by atoms with Crippen LogP contribution in [0.1, 0.15) is 20.3 Å². The molecule has 0 unspecified atom stereocenters. The SMILES string of the molecule is CCO[C@H]1C[C@@H](C(C)=O)N(N)C1. The number of hydrogen-bond acceptors (Lipinski definition) is 4. The summed E-state index contributed by atoms with van der Waals surface area (Å²) in [5, 5.41) is 1.57. The Hall–Kier alpha value is -0.450. The van der Waals surface area contributed by atoms with Crippen molar-refractivity contribution >= 4 is 5.78 Å². The van der Waals surface area contributed by atoms with Crippen LogP contribution in [-0.4, -0.2) is 36.1 Å². The Morgan fingerprint density at radius 3 is 2.83 bits per heavy atom. The molecular weight excluding hydrogens is 156 g/mol. The normalized spacial score (nSPS) is 30.9. The Labute approximate surface area is 72.6 Å². The molecule has 0 bridgehead atoms. The van der Waals surface area contributed by atoms with Gasteiger partial charge in [-0.15, -0.1) is 0 Å². The molecule has 12 heavy (non-hydrogen) atoms. The van der Waals surface area contributed by atoms with E-state index in [0.717, 1.165) is 6.42 Å². The smallest absolute Gasteiger partial charge is 0.148 e. The fourth-order valence-corrected chi connectivity index (χ4v) is 1.58. The first-order chi connectivity index (χ1) is 5.65. The maximum atomic E-state index is 11.0. The van der Waals surface area contributed by atoms with Crippen molar-refractivity contribution in [2.24, 2.45) is 5.84 Å². The summed E-state index contributed by atoms with van der Waals surface area (Å²) >= 11 is 0. The van der Waals surface area contributed by atoms with Crippen molar-refractivity contribution in [2.45, 2.75) is 32.4 Å². The Morgan fingerprint density at radius 2 is 2.42 bits per heavy atom. The summed E-state index contributed by atoms with van der Waals surface area (Å²) < 4.78 is 5.38. The molecule has 1 aliphatic rings. The highest BCUT2D eigenvalue weighted by Crippen LogP contribution is 2.17. The van der Waals surface area contributed by atoms with Gasteiger partial charge in [0.25, 0.3) is 0 Å². The van der Waals surface area contributed by atoms with E-state index in [4.69, 9.17) is 10.6 Å². The summed E-state index contributed by atoms with van der Waals surface area (Å²) in [5.41, 5.74) is 0. The molecule has 0 spiro atoms. The zero-order valence-electron chi connectivity index (χ0n) is 7.62. The van der Waals surface area contributed by atoms with E-state index in [0.29, 0.717) is 13.2 Å². The lowest BCUT2D eigenvalue weighted by molar-refractivity contribution is -0.121. The van der Waals surface area contributed by atoms with Gasteiger partial charge in [-0.1, -0.05) is 0 Å². The first kappa shape index (κ1) is 9.64. The van der Waals surface area contributed by atoms with Gasteiger partial charge >= 0.3 is 0 Å². The summed E-state index contributed by atoms with van der Waals surface area (Å²) in [6.07, 6.45) is 0.869. The number of carbonyl (C=O) groups excluding carboxylic acids is 1. The van der Waals surface area contributed by atoms with E-state index in [1.165, 1.54) is 0 Å². The molecule has 4 nitrogen and oxygen atoms in total. The Kier molecular flexibility index (Phi) is 3.20. The molecule has 2 atom stereocenters. The van der Waals surface area contributed by atoms with Crippen LogP contribution < -0.4 is 5.84 Å². The van der Waals surface area contributed by atoms with E-state index in [-0.39, 0.29) is 17.9 Å². The lowest BCUT2D eigenvalue weighted by atomic mass is 10.1. The van der Waals surface area contributed by atoms with Crippen LogP contribution in [0.5, 0.6) is 0 Å². The Bertz CT molecular complexity index is 172. The van der Waals surface area contributed by atoms with Gasteiger partial charge in [0.1, 0.15) is 5.78 Å². The minimum absolute atomic E-state index is 0.125. The molecule has 1 rings (SSSR count). The molecule has 0 aliphatic carbocycles. The molecular formula is C8H16N2O2. The fourth-order valence-electron chi connectivity index (χ4n) is 1.58. The van der Waals surface area contributed by atoms with Crippen LogP contribution in [0.4, 0.5) is 0 Å². The molecule has 1 heterocycles. The monoisotopic (exact) mass is 172 g/mol. The second-order valence-electron chi connectivity index (χ2n) is 3.14. The van der Waals surface area contributed by atoms with Gasteiger partial charge in [-0.2, -0.15) is 0 Å². The third kappa shape index (κ3) is 2.03. The van der Waals surface area contributed by atoms with E-state index >= 15 is 0 Å². The molecule has 0 amide bonds. The van der Waals surface area contributed by atoms with Crippen molar-refractivity contribution in [2.75, 3.05) is 13.2 Å². The minimum atomic E-state index is -0.137. The number of rotatable bonds is 3. The quantitative estimate of drug-likeness (QED) is 0.605. The van der Waals surface area contributed by atoms with Gasteiger partial charge in [0.15, 0.2) is 0 Å². The predicted octanol–water partition coefficient (Wildman–Crippen LogP) is -0.0715. The highest BCUT2D eigenvalue weighted by atomic mass is 16.5. The number of hydrazine groups is 1. The summed E-state index contributed by atoms with van der Waals surface area (Å²) in [6, 6.07) is -0.137. The van der Waals surface area contributed by atoms with Crippen molar-refractivity contribution in [3.63, 3.8) is 0 Å². The molecule has 0 aromatic rings. The lowest BCUT2D eigenvalue weighted by Crippen LogP contribution is -2.40. The number of Topliss-reactive ketones (excluding diaryl/α,β-unsaturated/α-hetero) is 1. The van der Waals surface area contributed by atoms with Gasteiger partial charge in [-0.25, -0.2) is 5.01 Å². The van der Waals surface area contributed by atoms with E-state index in [1.807, 2.05) is 6.92 Å². The first-order valence-electron chi connectivity index (χ1n) is 4.28. The van der Waals surface area contributed by atoms with Crippen molar-refractivity contribution in [3.05, 3.63) is 0 Å². The topological polar surface area (TPSA) is 55.6 Å². The molecule has 70 valence electrons. The van der Waals surface area contributed by atoms with Crippen LogP contribution in [-0.2, 0) is 9.53 Å². The summed E-state index contributed by atoms with van der Waals surface area (Å²) in [6.45, 7) is 4.86. The molecule has 1 fully saturated rings. The first-order valence-corrected chi connectivity index (χ1v) is 4.28. The van der Waals surface area contributed by atoms with Gasteiger partial charge in [-0.3, -0.25) is 10.6 Å². The zero-order valence-corrected chi connectivity index (χ0v) is 7.62.